The van der Waals surface area contributed by atoms with Crippen molar-refractivity contribution in [1.29, 1.82) is 0 Å². The van der Waals surface area contributed by atoms with Gasteiger partial charge in [-0.3, -0.25) is 14.5 Å². The van der Waals surface area contributed by atoms with Crippen molar-refractivity contribution < 1.29 is 19.1 Å². The van der Waals surface area contributed by atoms with Gasteiger partial charge in [-0.1, -0.05) is 25.3 Å². The standard InChI is InChI=1S/C25H36N2O4/c1-30-25(29)21-9-11-26(12-10-21)17-20-7-8-23-22(15-20)18-27(13-14-31-23)24(28)16-19-5-3-2-4-6-19/h7-8,15,19,21H,2-6,9-14,16-18H2,1H3. The van der Waals surface area contributed by atoms with Gasteiger partial charge in [0.15, 0.2) is 0 Å². The summed E-state index contributed by atoms with van der Waals surface area (Å²) in [6, 6.07) is 6.39. The van der Waals surface area contributed by atoms with E-state index in [1.807, 2.05) is 4.90 Å². The van der Waals surface area contributed by atoms with Gasteiger partial charge in [0.05, 0.1) is 19.6 Å². The number of ether oxygens (including phenoxy) is 2. The molecule has 6 heteroatoms. The number of piperidine rings is 1. The highest BCUT2D eigenvalue weighted by molar-refractivity contribution is 5.76. The summed E-state index contributed by atoms with van der Waals surface area (Å²) in [6.45, 7) is 4.52. The lowest BCUT2D eigenvalue weighted by Gasteiger charge is -2.30. The zero-order valence-corrected chi connectivity index (χ0v) is 18.8. The number of rotatable bonds is 5. The van der Waals surface area contributed by atoms with Gasteiger partial charge in [0, 0.05) is 25.1 Å². The minimum Gasteiger partial charge on any atom is -0.491 e. The van der Waals surface area contributed by atoms with Gasteiger partial charge in [0.2, 0.25) is 5.91 Å². The highest BCUT2D eigenvalue weighted by atomic mass is 16.5. The maximum atomic E-state index is 13.0. The average molecular weight is 429 g/mol. The number of fused-ring (bicyclic) bond motifs is 1. The molecule has 0 spiro atoms. The van der Waals surface area contributed by atoms with Gasteiger partial charge in [0.1, 0.15) is 12.4 Å². The molecule has 1 aromatic rings. The molecule has 3 aliphatic rings. The van der Waals surface area contributed by atoms with Crippen LogP contribution in [-0.2, 0) is 27.4 Å². The normalized spacial score (nSPS) is 21.1. The van der Waals surface area contributed by atoms with Crippen LogP contribution < -0.4 is 4.74 Å². The molecule has 2 heterocycles. The van der Waals surface area contributed by atoms with E-state index in [4.69, 9.17) is 9.47 Å². The average Bonchev–Trinajstić information content (AvgIpc) is 3.02. The van der Waals surface area contributed by atoms with Gasteiger partial charge in [-0.15, -0.1) is 0 Å². The Morgan fingerprint density at radius 1 is 1.06 bits per heavy atom. The third-order valence-corrected chi connectivity index (χ3v) is 7.17. The number of benzene rings is 1. The fraction of sp³-hybridized carbons (Fsp3) is 0.680. The van der Waals surface area contributed by atoms with Gasteiger partial charge in [-0.25, -0.2) is 0 Å². The minimum atomic E-state index is -0.0835. The molecule has 0 N–H and O–H groups in total. The van der Waals surface area contributed by atoms with Crippen molar-refractivity contribution in [2.24, 2.45) is 11.8 Å². The SMILES string of the molecule is COC(=O)C1CCN(Cc2ccc3c(c2)CN(C(=O)CC2CCCCC2)CCO3)CC1. The molecule has 31 heavy (non-hydrogen) atoms. The van der Waals surface area contributed by atoms with Crippen LogP contribution in [0.15, 0.2) is 18.2 Å². The minimum absolute atomic E-state index is 0.0328. The van der Waals surface area contributed by atoms with E-state index < -0.39 is 0 Å². The van der Waals surface area contributed by atoms with Crippen molar-refractivity contribution in [3.05, 3.63) is 29.3 Å². The van der Waals surface area contributed by atoms with Crippen LogP contribution in [0.1, 0.15) is 62.5 Å². The van der Waals surface area contributed by atoms with Crippen LogP contribution in [0.5, 0.6) is 5.75 Å². The number of nitrogens with zero attached hydrogens (tertiary/aromatic N) is 2. The summed E-state index contributed by atoms with van der Waals surface area (Å²) >= 11 is 0. The summed E-state index contributed by atoms with van der Waals surface area (Å²) in [5.41, 5.74) is 2.34. The lowest BCUT2D eigenvalue weighted by Crippen LogP contribution is -2.36. The molecule has 1 amide bonds. The number of amides is 1. The third-order valence-electron chi connectivity index (χ3n) is 7.17. The number of carbonyl (C=O) groups excluding carboxylic acids is 2. The van der Waals surface area contributed by atoms with Crippen molar-refractivity contribution in [3.63, 3.8) is 0 Å². The highest BCUT2D eigenvalue weighted by Gasteiger charge is 2.27. The Hall–Kier alpha value is -2.08. The van der Waals surface area contributed by atoms with Crippen molar-refractivity contribution in [1.82, 2.24) is 9.80 Å². The first-order valence-corrected chi connectivity index (χ1v) is 11.9. The van der Waals surface area contributed by atoms with E-state index in [2.05, 4.69) is 23.1 Å². The lowest BCUT2D eigenvalue weighted by molar-refractivity contribution is -0.147. The second-order valence-corrected chi connectivity index (χ2v) is 9.39. The van der Waals surface area contributed by atoms with Crippen LogP contribution in [0, 0.1) is 11.8 Å². The number of hydrogen-bond acceptors (Lipinski definition) is 5. The van der Waals surface area contributed by atoms with E-state index in [-0.39, 0.29) is 17.8 Å². The fourth-order valence-electron chi connectivity index (χ4n) is 5.28. The van der Waals surface area contributed by atoms with Crippen LogP contribution >= 0.6 is 0 Å². The Balaban J connectivity index is 1.35. The first kappa shape index (κ1) is 22.1. The van der Waals surface area contributed by atoms with Crippen molar-refractivity contribution in [2.45, 2.75) is 64.5 Å². The summed E-state index contributed by atoms with van der Waals surface area (Å²) in [5.74, 6) is 1.69. The van der Waals surface area contributed by atoms with Crippen LogP contribution in [0.2, 0.25) is 0 Å². The van der Waals surface area contributed by atoms with Gasteiger partial charge >= 0.3 is 5.97 Å². The predicted molar refractivity (Wildman–Crippen MR) is 119 cm³/mol. The smallest absolute Gasteiger partial charge is 0.308 e. The number of methoxy groups -OCH3 is 1. The summed E-state index contributed by atoms with van der Waals surface area (Å²) in [6.07, 6.45) is 8.64. The molecule has 1 saturated heterocycles. The Kier molecular flexibility index (Phi) is 7.49. The zero-order valence-electron chi connectivity index (χ0n) is 18.8. The molecule has 1 saturated carbocycles. The number of hydrogen-bond donors (Lipinski definition) is 0. The predicted octanol–water partition coefficient (Wildman–Crippen LogP) is 3.76. The van der Waals surface area contributed by atoms with E-state index in [9.17, 15) is 9.59 Å². The Labute approximate surface area is 185 Å². The summed E-state index contributed by atoms with van der Waals surface area (Å²) in [7, 11) is 1.47. The summed E-state index contributed by atoms with van der Waals surface area (Å²) in [5, 5.41) is 0. The second-order valence-electron chi connectivity index (χ2n) is 9.39. The van der Waals surface area contributed by atoms with Crippen molar-refractivity contribution in [2.75, 3.05) is 33.4 Å². The molecule has 4 rings (SSSR count). The highest BCUT2D eigenvalue weighted by Crippen LogP contribution is 2.29. The van der Waals surface area contributed by atoms with Crippen LogP contribution in [0.4, 0.5) is 0 Å². The second kappa shape index (κ2) is 10.5. The van der Waals surface area contributed by atoms with E-state index in [1.165, 1.54) is 44.8 Å². The molecule has 6 nitrogen and oxygen atoms in total. The molecule has 1 aromatic carbocycles. The Morgan fingerprint density at radius 3 is 2.58 bits per heavy atom. The molecule has 0 bridgehead atoms. The number of carbonyl (C=O) groups is 2. The van der Waals surface area contributed by atoms with Crippen LogP contribution in [-0.4, -0.2) is 55.0 Å². The summed E-state index contributed by atoms with van der Waals surface area (Å²) in [4.78, 5) is 29.1. The van der Waals surface area contributed by atoms with E-state index in [0.29, 0.717) is 32.0 Å². The molecular weight excluding hydrogens is 392 g/mol. The fourth-order valence-corrected chi connectivity index (χ4v) is 5.28. The van der Waals surface area contributed by atoms with Gasteiger partial charge in [-0.05, 0) is 62.4 Å². The number of likely N-dealkylation sites (tertiary alicyclic amines) is 1. The first-order chi connectivity index (χ1) is 15.1. The quantitative estimate of drug-likeness (QED) is 0.669. The Bertz CT molecular complexity index is 767. The lowest BCUT2D eigenvalue weighted by atomic mass is 9.86. The first-order valence-electron chi connectivity index (χ1n) is 11.9. The van der Waals surface area contributed by atoms with E-state index in [0.717, 1.165) is 43.8 Å². The van der Waals surface area contributed by atoms with Crippen LogP contribution in [0.25, 0.3) is 0 Å². The molecular formula is C25H36N2O4. The number of esters is 1. The van der Waals surface area contributed by atoms with E-state index in [1.54, 1.807) is 0 Å². The Morgan fingerprint density at radius 2 is 1.84 bits per heavy atom. The van der Waals surface area contributed by atoms with Crippen molar-refractivity contribution in [3.8, 4) is 5.75 Å². The molecule has 0 atom stereocenters. The molecule has 1 aliphatic carbocycles. The molecule has 0 aromatic heterocycles. The monoisotopic (exact) mass is 428 g/mol. The van der Waals surface area contributed by atoms with Gasteiger partial charge < -0.3 is 14.4 Å². The molecule has 0 unspecified atom stereocenters. The molecule has 2 aliphatic heterocycles. The maximum Gasteiger partial charge on any atom is 0.308 e. The molecule has 0 radical (unpaired) electrons. The third kappa shape index (κ3) is 5.79. The molecule has 2 fully saturated rings. The van der Waals surface area contributed by atoms with Gasteiger partial charge in [0.25, 0.3) is 0 Å². The summed E-state index contributed by atoms with van der Waals surface area (Å²) < 4.78 is 10.8. The maximum absolute atomic E-state index is 13.0. The van der Waals surface area contributed by atoms with Crippen molar-refractivity contribution >= 4 is 11.9 Å². The van der Waals surface area contributed by atoms with E-state index >= 15 is 0 Å². The van der Waals surface area contributed by atoms with Crippen LogP contribution in [0.3, 0.4) is 0 Å². The molecule has 170 valence electrons. The van der Waals surface area contributed by atoms with Gasteiger partial charge in [-0.2, -0.15) is 0 Å². The zero-order chi connectivity index (χ0) is 21.6. The topological polar surface area (TPSA) is 59.1 Å². The largest absolute Gasteiger partial charge is 0.491 e.